The summed E-state index contributed by atoms with van der Waals surface area (Å²) in [5.41, 5.74) is 0. The fourth-order valence-corrected chi connectivity index (χ4v) is 8.15. The summed E-state index contributed by atoms with van der Waals surface area (Å²) < 4.78 is 11.3. The Bertz CT molecular complexity index is 992. The zero-order chi connectivity index (χ0) is 43.7. The monoisotopic (exact) mass is 852 g/mol. The quantitative estimate of drug-likeness (QED) is 0.0262. The largest absolute Gasteiger partial charge is 0.394 e. The molecule has 1 amide bonds. The van der Waals surface area contributed by atoms with Crippen LogP contribution in [0.3, 0.4) is 0 Å². The molecule has 1 saturated heterocycles. The van der Waals surface area contributed by atoms with Crippen LogP contribution in [0.25, 0.3) is 0 Å². The molecule has 9 nitrogen and oxygen atoms in total. The molecule has 0 aromatic carbocycles. The van der Waals surface area contributed by atoms with E-state index in [1.54, 1.807) is 0 Å². The van der Waals surface area contributed by atoms with Crippen molar-refractivity contribution in [3.8, 4) is 0 Å². The Morgan fingerprint density at radius 1 is 0.550 bits per heavy atom. The van der Waals surface area contributed by atoms with Crippen molar-refractivity contribution >= 4 is 5.91 Å². The normalized spacial score (nSPS) is 20.7. The Hall–Kier alpha value is -1.33. The number of hydrogen-bond acceptors (Lipinski definition) is 8. The van der Waals surface area contributed by atoms with Gasteiger partial charge in [0.15, 0.2) is 6.29 Å². The van der Waals surface area contributed by atoms with Gasteiger partial charge in [-0.3, -0.25) is 4.79 Å². The molecule has 0 saturated carbocycles. The van der Waals surface area contributed by atoms with Crippen molar-refractivity contribution in [2.24, 2.45) is 0 Å². The third kappa shape index (κ3) is 31.5. The zero-order valence-corrected chi connectivity index (χ0v) is 39.0. The minimum Gasteiger partial charge on any atom is -0.394 e. The van der Waals surface area contributed by atoms with Gasteiger partial charge >= 0.3 is 0 Å². The average molecular weight is 852 g/mol. The van der Waals surface area contributed by atoms with E-state index in [1.807, 2.05) is 0 Å². The highest BCUT2D eigenvalue weighted by Crippen LogP contribution is 2.23. The number of amides is 1. The minimum atomic E-state index is -1.56. The van der Waals surface area contributed by atoms with Crippen molar-refractivity contribution in [1.82, 2.24) is 5.32 Å². The Morgan fingerprint density at radius 2 is 0.933 bits per heavy atom. The summed E-state index contributed by atoms with van der Waals surface area (Å²) in [7, 11) is 0. The first-order valence-corrected chi connectivity index (χ1v) is 25.5. The van der Waals surface area contributed by atoms with E-state index in [0.717, 1.165) is 44.9 Å². The van der Waals surface area contributed by atoms with Crippen molar-refractivity contribution in [3.05, 3.63) is 24.3 Å². The van der Waals surface area contributed by atoms with Gasteiger partial charge in [-0.05, 0) is 64.2 Å². The highest BCUT2D eigenvalue weighted by molar-refractivity contribution is 5.76. The van der Waals surface area contributed by atoms with Crippen LogP contribution in [0.2, 0.25) is 0 Å². The predicted octanol–water partition coefficient (Wildman–Crippen LogP) is 11.5. The molecule has 0 bridgehead atoms. The number of aliphatic hydroxyl groups is 5. The second-order valence-electron chi connectivity index (χ2n) is 18.0. The first kappa shape index (κ1) is 56.7. The van der Waals surface area contributed by atoms with Gasteiger partial charge in [-0.15, -0.1) is 0 Å². The molecule has 2 unspecified atom stereocenters. The Morgan fingerprint density at radius 3 is 1.35 bits per heavy atom. The molecule has 0 radical (unpaired) electrons. The number of allylic oxidation sites excluding steroid dienone is 4. The van der Waals surface area contributed by atoms with Crippen LogP contribution < -0.4 is 5.32 Å². The van der Waals surface area contributed by atoms with Gasteiger partial charge in [-0.1, -0.05) is 192 Å². The summed E-state index contributed by atoms with van der Waals surface area (Å²) in [4.78, 5) is 13.0. The highest BCUT2D eigenvalue weighted by Gasteiger charge is 2.44. The maximum absolute atomic E-state index is 13.0. The number of nitrogens with one attached hydrogen (secondary N) is 1. The fourth-order valence-electron chi connectivity index (χ4n) is 8.15. The van der Waals surface area contributed by atoms with Gasteiger partial charge in [-0.2, -0.15) is 0 Å². The molecule has 1 fully saturated rings. The minimum absolute atomic E-state index is 0.148. The van der Waals surface area contributed by atoms with E-state index in [2.05, 4.69) is 43.5 Å². The summed E-state index contributed by atoms with van der Waals surface area (Å²) in [6.07, 6.45) is 43.3. The van der Waals surface area contributed by atoms with Gasteiger partial charge in [0.05, 0.1) is 25.4 Å². The average Bonchev–Trinajstić information content (AvgIpc) is 3.25. The third-order valence-corrected chi connectivity index (χ3v) is 12.3. The van der Waals surface area contributed by atoms with E-state index in [-0.39, 0.29) is 12.5 Å². The van der Waals surface area contributed by atoms with Crippen LogP contribution in [-0.4, -0.2) is 87.5 Å². The van der Waals surface area contributed by atoms with Crippen LogP contribution in [0, 0.1) is 0 Å². The molecule has 1 rings (SSSR count). The lowest BCUT2D eigenvalue weighted by Crippen LogP contribution is -2.60. The lowest BCUT2D eigenvalue weighted by atomic mass is 9.99. The molecule has 1 heterocycles. The summed E-state index contributed by atoms with van der Waals surface area (Å²) >= 11 is 0. The topological polar surface area (TPSA) is 149 Å². The van der Waals surface area contributed by atoms with Crippen LogP contribution in [0.5, 0.6) is 0 Å². The molecule has 1 aliphatic rings. The predicted molar refractivity (Wildman–Crippen MR) is 249 cm³/mol. The fraction of sp³-hybridized carbons (Fsp3) is 0.902. The molecule has 0 aliphatic carbocycles. The lowest BCUT2D eigenvalue weighted by molar-refractivity contribution is -0.302. The van der Waals surface area contributed by atoms with Crippen molar-refractivity contribution in [2.75, 3.05) is 13.2 Å². The molecule has 7 atom stereocenters. The number of carbonyl (C=O) groups excluding carboxylic acids is 1. The first-order chi connectivity index (χ1) is 29.3. The molecule has 0 aromatic heterocycles. The summed E-state index contributed by atoms with van der Waals surface area (Å²) in [5, 5.41) is 54.5. The van der Waals surface area contributed by atoms with E-state index in [4.69, 9.17) is 9.47 Å². The number of aliphatic hydroxyl groups excluding tert-OH is 5. The number of ether oxygens (including phenoxy) is 2. The number of unbranched alkanes of at least 4 members (excludes halogenated alkanes) is 29. The lowest BCUT2D eigenvalue weighted by Gasteiger charge is -2.40. The van der Waals surface area contributed by atoms with E-state index in [9.17, 15) is 30.3 Å². The van der Waals surface area contributed by atoms with E-state index < -0.39 is 49.5 Å². The van der Waals surface area contributed by atoms with Crippen LogP contribution in [0.15, 0.2) is 24.3 Å². The van der Waals surface area contributed by atoms with Crippen molar-refractivity contribution in [3.63, 3.8) is 0 Å². The van der Waals surface area contributed by atoms with Gasteiger partial charge in [0.2, 0.25) is 5.91 Å². The number of rotatable bonds is 43. The molecule has 0 spiro atoms. The van der Waals surface area contributed by atoms with Crippen molar-refractivity contribution < 1.29 is 39.8 Å². The Kier molecular flexibility index (Phi) is 39.4. The van der Waals surface area contributed by atoms with Gasteiger partial charge in [0, 0.05) is 6.42 Å². The molecule has 9 heteroatoms. The molecule has 6 N–H and O–H groups in total. The maximum Gasteiger partial charge on any atom is 0.220 e. The third-order valence-electron chi connectivity index (χ3n) is 12.3. The van der Waals surface area contributed by atoms with E-state index in [1.165, 1.54) is 167 Å². The summed E-state index contributed by atoms with van der Waals surface area (Å²) in [6, 6.07) is -0.733. The second kappa shape index (κ2) is 41.7. The van der Waals surface area contributed by atoms with E-state index in [0.29, 0.717) is 12.8 Å². The van der Waals surface area contributed by atoms with Crippen LogP contribution in [-0.2, 0) is 14.3 Å². The van der Waals surface area contributed by atoms with Crippen molar-refractivity contribution in [1.29, 1.82) is 0 Å². The number of hydrogen-bond donors (Lipinski definition) is 6. The molecule has 1 aliphatic heterocycles. The van der Waals surface area contributed by atoms with Gasteiger partial charge in [0.1, 0.15) is 24.4 Å². The summed E-state index contributed by atoms with van der Waals surface area (Å²) in [6.45, 7) is 3.83. The van der Waals surface area contributed by atoms with Crippen molar-refractivity contribution in [2.45, 2.75) is 281 Å². The Balaban J connectivity index is 2.28. The van der Waals surface area contributed by atoms with Gasteiger partial charge in [0.25, 0.3) is 0 Å². The van der Waals surface area contributed by atoms with Gasteiger partial charge in [-0.25, -0.2) is 0 Å². The molecule has 60 heavy (non-hydrogen) atoms. The maximum atomic E-state index is 13.0. The SMILES string of the molecule is CCCCCCCC/C=C/CCCCCCCCCCCCCC(=O)N[C@@H](CO[C@H]1O[C@@H](CO)[C@H](O)C(O)C1O)[C@H](O)CCCC/C=C/CCCCCCCCCCCC. The van der Waals surface area contributed by atoms with Crippen LogP contribution in [0.1, 0.15) is 239 Å². The standard InChI is InChI=1S/C51H97NO8/c1-3-5-7-9-11-13-15-17-19-21-22-23-24-25-27-29-31-33-35-37-39-41-47(55)52-44(43-59-51-50(58)49(57)48(56)46(42-53)60-51)45(54)40-38-36-34-32-30-28-26-20-18-16-14-12-10-8-6-4-2/h17,19,30,32,44-46,48-51,53-54,56-58H,3-16,18,20-29,31,33-43H2,1-2H3,(H,52,55)/b19-17+,32-30+/t44-,45+,46-,48-,49?,50?,51-/m0/s1. The highest BCUT2D eigenvalue weighted by atomic mass is 16.7. The van der Waals surface area contributed by atoms with Gasteiger partial charge < -0.3 is 40.3 Å². The smallest absolute Gasteiger partial charge is 0.220 e. The molecule has 354 valence electrons. The zero-order valence-electron chi connectivity index (χ0n) is 39.0. The van der Waals surface area contributed by atoms with Crippen LogP contribution >= 0.6 is 0 Å². The van der Waals surface area contributed by atoms with E-state index >= 15 is 0 Å². The number of carbonyl (C=O) groups is 1. The Labute approximate surface area is 369 Å². The summed E-state index contributed by atoms with van der Waals surface area (Å²) in [5.74, 6) is -0.153. The first-order valence-electron chi connectivity index (χ1n) is 25.5. The molecular weight excluding hydrogens is 755 g/mol. The van der Waals surface area contributed by atoms with Crippen LogP contribution in [0.4, 0.5) is 0 Å². The molecule has 0 aromatic rings. The second-order valence-corrected chi connectivity index (χ2v) is 18.0. The molecular formula is C51H97NO8.